The van der Waals surface area contributed by atoms with Crippen molar-refractivity contribution in [2.45, 2.75) is 95.5 Å². The van der Waals surface area contributed by atoms with Crippen molar-refractivity contribution in [3.63, 3.8) is 0 Å². The molecule has 3 aromatic rings. The highest BCUT2D eigenvalue weighted by molar-refractivity contribution is 5.94. The Morgan fingerprint density at radius 1 is 0.933 bits per heavy atom. The van der Waals surface area contributed by atoms with E-state index in [0.29, 0.717) is 12.6 Å². The number of ether oxygens (including phenoxy) is 2. The van der Waals surface area contributed by atoms with Crippen LogP contribution >= 0.6 is 0 Å². The van der Waals surface area contributed by atoms with Crippen LogP contribution in [0.4, 0.5) is 16.3 Å². The number of anilines is 2. The number of piperazine rings is 1. The molecule has 5 aliphatic rings. The van der Waals surface area contributed by atoms with Gasteiger partial charge in [0.05, 0.1) is 29.9 Å². The molecule has 0 saturated carbocycles. The molecule has 9 heteroatoms. The molecule has 1 aromatic heterocycles. The average molecular weight is 611 g/mol. The fourth-order valence-corrected chi connectivity index (χ4v) is 8.75. The second-order valence-electron chi connectivity index (χ2n) is 14.8. The Morgan fingerprint density at radius 2 is 1.67 bits per heavy atom. The van der Waals surface area contributed by atoms with Crippen LogP contribution in [0.1, 0.15) is 70.6 Å². The zero-order chi connectivity index (χ0) is 30.8. The van der Waals surface area contributed by atoms with Gasteiger partial charge in [0.2, 0.25) is 0 Å². The molecule has 0 spiro atoms. The van der Waals surface area contributed by atoms with Gasteiger partial charge >= 0.3 is 12.1 Å². The Labute approximate surface area is 266 Å². The van der Waals surface area contributed by atoms with Gasteiger partial charge in [0.1, 0.15) is 18.0 Å². The van der Waals surface area contributed by atoms with Gasteiger partial charge in [-0.2, -0.15) is 9.97 Å². The van der Waals surface area contributed by atoms with Gasteiger partial charge in [0.15, 0.2) is 0 Å². The standard InChI is InChI=1S/C36H46N6O3/c1-35(2,3)45-34(43)42-26-13-14-27(42)22-40(21-26)32-29-15-20-39(31-12-6-10-25-9-4-5-11-28(25)31)23-30(29)37-33(38-32)44-24-36-16-7-18-41(36)19-8-17-36/h4-6,9-12,26-27H,7-8,13-24H2,1-3H3/t26-,27+. The van der Waals surface area contributed by atoms with E-state index < -0.39 is 5.60 Å². The van der Waals surface area contributed by atoms with E-state index in [0.717, 1.165) is 57.0 Å². The molecule has 45 heavy (non-hydrogen) atoms. The second kappa shape index (κ2) is 11.0. The summed E-state index contributed by atoms with van der Waals surface area (Å²) in [5.74, 6) is 1.00. The molecular weight excluding hydrogens is 564 g/mol. The summed E-state index contributed by atoms with van der Waals surface area (Å²) in [6.07, 6.45) is 7.52. The van der Waals surface area contributed by atoms with Crippen LogP contribution in [-0.2, 0) is 17.7 Å². The number of nitrogens with zero attached hydrogens (tertiary/aromatic N) is 6. The third-order valence-electron chi connectivity index (χ3n) is 10.8. The number of hydrogen-bond donors (Lipinski definition) is 0. The van der Waals surface area contributed by atoms with E-state index in [1.165, 1.54) is 60.8 Å². The summed E-state index contributed by atoms with van der Waals surface area (Å²) in [6.45, 7) is 11.9. The van der Waals surface area contributed by atoms with E-state index in [9.17, 15) is 4.79 Å². The Hall–Kier alpha value is -3.59. The highest BCUT2D eigenvalue weighted by Gasteiger charge is 2.47. The largest absolute Gasteiger partial charge is 0.461 e. The van der Waals surface area contributed by atoms with Crippen molar-refractivity contribution in [1.82, 2.24) is 19.8 Å². The third kappa shape index (κ3) is 5.27. The molecule has 4 fully saturated rings. The van der Waals surface area contributed by atoms with Crippen LogP contribution < -0.4 is 14.5 Å². The molecule has 4 saturated heterocycles. The Bertz CT molecular complexity index is 1570. The third-order valence-corrected chi connectivity index (χ3v) is 10.8. The van der Waals surface area contributed by atoms with Crippen molar-refractivity contribution in [2.24, 2.45) is 0 Å². The van der Waals surface area contributed by atoms with Gasteiger partial charge in [-0.25, -0.2) is 4.79 Å². The van der Waals surface area contributed by atoms with Crippen molar-refractivity contribution >= 4 is 28.4 Å². The predicted octanol–water partition coefficient (Wildman–Crippen LogP) is 5.79. The molecule has 8 rings (SSSR count). The maximum absolute atomic E-state index is 13.2. The lowest BCUT2D eigenvalue weighted by atomic mass is 9.95. The zero-order valence-electron chi connectivity index (χ0n) is 27.0. The zero-order valence-corrected chi connectivity index (χ0v) is 27.0. The van der Waals surface area contributed by atoms with Crippen molar-refractivity contribution in [2.75, 3.05) is 49.1 Å². The lowest BCUT2D eigenvalue weighted by Gasteiger charge is -2.43. The summed E-state index contributed by atoms with van der Waals surface area (Å²) >= 11 is 0. The molecule has 0 radical (unpaired) electrons. The molecular formula is C36H46N6O3. The van der Waals surface area contributed by atoms with E-state index in [2.05, 4.69) is 57.2 Å². The fraction of sp³-hybridized carbons (Fsp3) is 0.583. The highest BCUT2D eigenvalue weighted by Crippen LogP contribution is 2.41. The minimum absolute atomic E-state index is 0.119. The molecule has 9 nitrogen and oxygen atoms in total. The number of carbonyl (C=O) groups is 1. The van der Waals surface area contributed by atoms with Crippen molar-refractivity contribution in [1.29, 1.82) is 0 Å². The lowest BCUT2D eigenvalue weighted by Crippen LogP contribution is -2.57. The number of aromatic nitrogens is 2. The summed E-state index contributed by atoms with van der Waals surface area (Å²) in [5.41, 5.74) is 3.16. The van der Waals surface area contributed by atoms with Gasteiger partial charge in [-0.1, -0.05) is 36.4 Å². The van der Waals surface area contributed by atoms with Crippen molar-refractivity contribution < 1.29 is 14.3 Å². The molecule has 0 N–H and O–H groups in total. The molecule has 238 valence electrons. The summed E-state index contributed by atoms with van der Waals surface area (Å²) in [5, 5.41) is 2.52. The molecule has 2 atom stereocenters. The molecule has 1 amide bonds. The monoisotopic (exact) mass is 610 g/mol. The summed E-state index contributed by atoms with van der Waals surface area (Å²) in [7, 11) is 0. The minimum atomic E-state index is -0.505. The molecule has 0 unspecified atom stereocenters. The number of carbonyl (C=O) groups excluding carboxylic acids is 1. The fourth-order valence-electron chi connectivity index (χ4n) is 8.75. The molecule has 0 aliphatic carbocycles. The number of hydrogen-bond acceptors (Lipinski definition) is 8. The van der Waals surface area contributed by atoms with Crippen LogP contribution in [0.15, 0.2) is 42.5 Å². The first-order valence-electron chi connectivity index (χ1n) is 17.0. The van der Waals surface area contributed by atoms with Crippen LogP contribution in [0, 0.1) is 0 Å². The first-order chi connectivity index (χ1) is 21.8. The van der Waals surface area contributed by atoms with Crippen LogP contribution in [0.3, 0.4) is 0 Å². The van der Waals surface area contributed by atoms with Crippen molar-refractivity contribution in [3.05, 3.63) is 53.7 Å². The van der Waals surface area contributed by atoms with E-state index in [-0.39, 0.29) is 23.7 Å². The van der Waals surface area contributed by atoms with Gasteiger partial charge in [0.25, 0.3) is 0 Å². The molecule has 2 bridgehead atoms. The van der Waals surface area contributed by atoms with Gasteiger partial charge in [-0.3, -0.25) is 9.80 Å². The number of fused-ring (bicyclic) bond motifs is 5. The van der Waals surface area contributed by atoms with E-state index in [4.69, 9.17) is 19.4 Å². The first-order valence-corrected chi connectivity index (χ1v) is 17.0. The summed E-state index contributed by atoms with van der Waals surface area (Å²) in [6, 6.07) is 15.9. The van der Waals surface area contributed by atoms with E-state index in [1.807, 2.05) is 25.7 Å². The first kappa shape index (κ1) is 28.9. The van der Waals surface area contributed by atoms with Crippen LogP contribution in [-0.4, -0.2) is 88.4 Å². The van der Waals surface area contributed by atoms with Gasteiger partial charge in [-0.15, -0.1) is 0 Å². The SMILES string of the molecule is CC(C)(C)OC(=O)N1[C@@H]2CC[C@H]1CN(c1nc(OCC34CCCN3CCC4)nc3c1CCN(c1cccc4ccccc14)C3)C2. The Kier molecular flexibility index (Phi) is 7.08. The Morgan fingerprint density at radius 3 is 2.42 bits per heavy atom. The maximum Gasteiger partial charge on any atom is 0.410 e. The number of rotatable bonds is 5. The van der Waals surface area contributed by atoms with Gasteiger partial charge < -0.3 is 19.3 Å². The minimum Gasteiger partial charge on any atom is -0.461 e. The van der Waals surface area contributed by atoms with E-state index in [1.54, 1.807) is 0 Å². The number of amides is 1. The van der Waals surface area contributed by atoms with Gasteiger partial charge in [0, 0.05) is 36.3 Å². The highest BCUT2D eigenvalue weighted by atomic mass is 16.6. The average Bonchev–Trinajstić information content (AvgIpc) is 3.69. The van der Waals surface area contributed by atoms with Crippen LogP contribution in [0.5, 0.6) is 6.01 Å². The second-order valence-corrected chi connectivity index (χ2v) is 14.8. The lowest BCUT2D eigenvalue weighted by molar-refractivity contribution is 0.0122. The topological polar surface area (TPSA) is 74.3 Å². The summed E-state index contributed by atoms with van der Waals surface area (Å²) in [4.78, 5) is 33.0. The molecule has 2 aromatic carbocycles. The summed E-state index contributed by atoms with van der Waals surface area (Å²) < 4.78 is 12.4. The molecule has 5 aliphatic heterocycles. The normalized spacial score (nSPS) is 24.2. The van der Waals surface area contributed by atoms with Crippen LogP contribution in [0.2, 0.25) is 0 Å². The predicted molar refractivity (Wildman–Crippen MR) is 176 cm³/mol. The Balaban J connectivity index is 1.11. The van der Waals surface area contributed by atoms with E-state index >= 15 is 0 Å². The number of benzene rings is 2. The maximum atomic E-state index is 13.2. The quantitative estimate of drug-likeness (QED) is 0.360. The smallest absolute Gasteiger partial charge is 0.410 e. The van der Waals surface area contributed by atoms with Gasteiger partial charge in [-0.05, 0) is 90.3 Å². The van der Waals surface area contributed by atoms with Crippen molar-refractivity contribution in [3.8, 4) is 6.01 Å². The van der Waals surface area contributed by atoms with Crippen LogP contribution in [0.25, 0.3) is 10.8 Å². The molecule has 6 heterocycles.